The van der Waals surface area contributed by atoms with E-state index in [0.29, 0.717) is 12.3 Å². The van der Waals surface area contributed by atoms with Crippen LogP contribution in [0.25, 0.3) is 0 Å². The van der Waals surface area contributed by atoms with Crippen molar-refractivity contribution in [2.45, 2.75) is 26.3 Å². The molecule has 0 fully saturated rings. The van der Waals surface area contributed by atoms with Gasteiger partial charge in [0.25, 0.3) is 0 Å². The highest BCUT2D eigenvalue weighted by atomic mass is 35.5. The molecule has 0 saturated heterocycles. The number of sulfonamides is 1. The lowest BCUT2D eigenvalue weighted by Crippen LogP contribution is -2.41. The molecule has 0 saturated carbocycles. The highest BCUT2D eigenvalue weighted by Gasteiger charge is 2.23. The van der Waals surface area contributed by atoms with Gasteiger partial charge in [0.1, 0.15) is 0 Å². The fraction of sp³-hybridized carbons (Fsp3) is 1.00. The average Bonchev–Trinajstić information content (AvgIpc) is 1.97. The van der Waals surface area contributed by atoms with Crippen LogP contribution in [0.4, 0.5) is 0 Å². The van der Waals surface area contributed by atoms with E-state index in [1.807, 2.05) is 13.8 Å². The first kappa shape index (κ1) is 16.1. The van der Waals surface area contributed by atoms with E-state index in [-0.39, 0.29) is 12.0 Å². The molecule has 0 radical (unpaired) electrons. The second-order valence-electron chi connectivity index (χ2n) is 4.10. The maximum absolute atomic E-state index is 11.5. The van der Waals surface area contributed by atoms with Gasteiger partial charge < -0.3 is 0 Å². The first-order chi connectivity index (χ1) is 7.07. The van der Waals surface area contributed by atoms with Gasteiger partial charge in [-0.1, -0.05) is 13.8 Å². The van der Waals surface area contributed by atoms with Gasteiger partial charge in [-0.2, -0.15) is 0 Å². The van der Waals surface area contributed by atoms with Gasteiger partial charge in [-0.05, 0) is 12.3 Å². The van der Waals surface area contributed by atoms with Gasteiger partial charge in [-0.25, -0.2) is 21.6 Å². The molecule has 0 aromatic heterocycles. The largest absolute Gasteiger partial charge is 0.228 e. The Balaban J connectivity index is 4.67. The van der Waals surface area contributed by atoms with Gasteiger partial charge in [0.2, 0.25) is 10.0 Å². The molecule has 0 bridgehead atoms. The summed E-state index contributed by atoms with van der Waals surface area (Å²) in [5.74, 6) is 0.387. The van der Waals surface area contributed by atoms with Crippen LogP contribution >= 0.6 is 11.6 Å². The molecule has 0 aromatic carbocycles. The lowest BCUT2D eigenvalue weighted by Gasteiger charge is -2.20. The highest BCUT2D eigenvalue weighted by Crippen LogP contribution is 2.09. The summed E-state index contributed by atoms with van der Waals surface area (Å²) in [6.45, 7) is 3.69. The molecule has 5 nitrogen and oxygen atoms in total. The van der Waals surface area contributed by atoms with E-state index in [0.717, 1.165) is 6.26 Å². The minimum Gasteiger partial charge on any atom is -0.228 e. The van der Waals surface area contributed by atoms with E-state index in [2.05, 4.69) is 4.72 Å². The maximum Gasteiger partial charge on any atom is 0.226 e. The molecule has 0 rings (SSSR count). The Morgan fingerprint density at radius 1 is 1.19 bits per heavy atom. The van der Waals surface area contributed by atoms with Crippen LogP contribution in [0, 0.1) is 5.92 Å². The van der Waals surface area contributed by atoms with Crippen LogP contribution in [0.15, 0.2) is 0 Å². The predicted octanol–water partition coefficient (Wildman–Crippen LogP) is 0.561. The number of hydrogen-bond acceptors (Lipinski definition) is 4. The molecule has 0 aliphatic carbocycles. The standard InChI is InChI=1S/C8H18ClNO4S2/c1-7(2)8(4-5-9)10-16(13,14)6-15(3,11)12/h7-8,10H,4-6H2,1-3H3. The number of alkyl halides is 1. The highest BCUT2D eigenvalue weighted by molar-refractivity contribution is 8.06. The molecule has 0 aromatic rings. The number of nitrogens with one attached hydrogen (secondary N) is 1. The predicted molar refractivity (Wildman–Crippen MR) is 65.7 cm³/mol. The minimum absolute atomic E-state index is 0.0630. The first-order valence-corrected chi connectivity index (χ1v) is 9.06. The second kappa shape index (κ2) is 6.18. The van der Waals surface area contributed by atoms with E-state index in [9.17, 15) is 16.8 Å². The Morgan fingerprint density at radius 3 is 2.00 bits per heavy atom. The van der Waals surface area contributed by atoms with Crippen molar-refractivity contribution in [2.75, 3.05) is 17.2 Å². The summed E-state index contributed by atoms with van der Waals surface area (Å²) >= 11 is 5.55. The maximum atomic E-state index is 11.5. The zero-order valence-electron chi connectivity index (χ0n) is 9.60. The Bertz CT molecular complexity index is 402. The third-order valence-corrected chi connectivity index (χ3v) is 5.76. The zero-order chi connectivity index (χ0) is 13.0. The second-order valence-corrected chi connectivity index (χ2v) is 8.74. The summed E-state index contributed by atoms with van der Waals surface area (Å²) in [4.78, 5) is 0. The molecule has 1 atom stereocenters. The number of hydrogen-bond donors (Lipinski definition) is 1. The minimum atomic E-state index is -3.80. The molecular weight excluding hydrogens is 274 g/mol. The van der Waals surface area contributed by atoms with Crippen LogP contribution in [0.2, 0.25) is 0 Å². The Labute approximate surface area is 103 Å². The summed E-state index contributed by atoms with van der Waals surface area (Å²) in [6.07, 6.45) is 1.36. The van der Waals surface area contributed by atoms with E-state index < -0.39 is 24.9 Å². The van der Waals surface area contributed by atoms with Crippen LogP contribution in [-0.2, 0) is 19.9 Å². The summed E-state index contributed by atoms with van der Waals surface area (Å²) < 4.78 is 47.2. The van der Waals surface area contributed by atoms with Crippen molar-refractivity contribution in [3.63, 3.8) is 0 Å². The van der Waals surface area contributed by atoms with Crippen molar-refractivity contribution < 1.29 is 16.8 Å². The van der Waals surface area contributed by atoms with Gasteiger partial charge in [-0.3, -0.25) is 0 Å². The lowest BCUT2D eigenvalue weighted by atomic mass is 10.0. The fourth-order valence-electron chi connectivity index (χ4n) is 1.19. The van der Waals surface area contributed by atoms with E-state index in [1.165, 1.54) is 0 Å². The molecule has 8 heteroatoms. The average molecular weight is 292 g/mol. The van der Waals surface area contributed by atoms with Crippen LogP contribution < -0.4 is 4.72 Å². The van der Waals surface area contributed by atoms with Crippen molar-refractivity contribution in [1.82, 2.24) is 4.72 Å². The molecule has 16 heavy (non-hydrogen) atoms. The molecule has 0 aliphatic heterocycles. The van der Waals surface area contributed by atoms with Gasteiger partial charge >= 0.3 is 0 Å². The molecule has 0 spiro atoms. The molecular formula is C8H18ClNO4S2. The number of rotatable bonds is 7. The topological polar surface area (TPSA) is 80.3 Å². The van der Waals surface area contributed by atoms with Crippen LogP contribution in [0.3, 0.4) is 0 Å². The summed E-state index contributed by atoms with van der Waals surface area (Å²) in [5.41, 5.74) is 0. The van der Waals surface area contributed by atoms with Crippen molar-refractivity contribution in [3.05, 3.63) is 0 Å². The van der Waals surface area contributed by atoms with Crippen LogP contribution in [-0.4, -0.2) is 40.1 Å². The van der Waals surface area contributed by atoms with Crippen molar-refractivity contribution in [2.24, 2.45) is 5.92 Å². The molecule has 1 unspecified atom stereocenters. The number of sulfone groups is 1. The van der Waals surface area contributed by atoms with E-state index in [4.69, 9.17) is 11.6 Å². The quantitative estimate of drug-likeness (QED) is 0.695. The SMILES string of the molecule is CC(C)C(CCCl)NS(=O)(=O)CS(C)(=O)=O. The first-order valence-electron chi connectivity index (χ1n) is 4.81. The normalized spacial score (nSPS) is 15.3. The van der Waals surface area contributed by atoms with Crippen molar-refractivity contribution in [1.29, 1.82) is 0 Å². The van der Waals surface area contributed by atoms with Crippen LogP contribution in [0.5, 0.6) is 0 Å². The van der Waals surface area contributed by atoms with Crippen molar-refractivity contribution >= 4 is 31.5 Å². The molecule has 0 amide bonds. The summed E-state index contributed by atoms with van der Waals surface area (Å²) in [7, 11) is -7.35. The molecule has 98 valence electrons. The Kier molecular flexibility index (Phi) is 6.24. The lowest BCUT2D eigenvalue weighted by molar-refractivity contribution is 0.440. The Morgan fingerprint density at radius 2 is 1.69 bits per heavy atom. The molecule has 0 heterocycles. The van der Waals surface area contributed by atoms with E-state index >= 15 is 0 Å². The van der Waals surface area contributed by atoms with Gasteiger partial charge in [0.15, 0.2) is 14.9 Å². The third-order valence-electron chi connectivity index (χ3n) is 1.93. The summed E-state index contributed by atoms with van der Waals surface area (Å²) in [6, 6.07) is -0.329. The zero-order valence-corrected chi connectivity index (χ0v) is 12.0. The number of halogens is 1. The Hall–Kier alpha value is 0.150. The van der Waals surface area contributed by atoms with E-state index in [1.54, 1.807) is 0 Å². The smallest absolute Gasteiger partial charge is 0.226 e. The van der Waals surface area contributed by atoms with Gasteiger partial charge in [0, 0.05) is 18.2 Å². The third kappa shape index (κ3) is 7.43. The van der Waals surface area contributed by atoms with Gasteiger partial charge in [0.05, 0.1) is 0 Å². The van der Waals surface area contributed by atoms with Gasteiger partial charge in [-0.15, -0.1) is 11.6 Å². The molecule has 1 N–H and O–H groups in total. The van der Waals surface area contributed by atoms with Crippen LogP contribution in [0.1, 0.15) is 20.3 Å². The van der Waals surface area contributed by atoms with Crippen molar-refractivity contribution in [3.8, 4) is 0 Å². The summed E-state index contributed by atoms with van der Waals surface area (Å²) in [5, 5.41) is -0.883. The molecule has 0 aliphatic rings. The fourth-order valence-corrected chi connectivity index (χ4v) is 4.81. The monoisotopic (exact) mass is 291 g/mol.